The average Bonchev–Trinajstić information content (AvgIpc) is 3.18. The van der Waals surface area contributed by atoms with Gasteiger partial charge in [-0.3, -0.25) is 4.79 Å². The molecule has 3 rings (SSSR count). The Balaban J connectivity index is 1.75. The Labute approximate surface area is 201 Å². The number of nitrogens with one attached hydrogen (secondary N) is 1. The van der Waals surface area contributed by atoms with Crippen molar-refractivity contribution < 1.29 is 9.53 Å². The molecule has 1 unspecified atom stereocenters. The molecule has 0 aliphatic rings. The van der Waals surface area contributed by atoms with Gasteiger partial charge in [-0.15, -0.1) is 10.2 Å². The van der Waals surface area contributed by atoms with E-state index >= 15 is 0 Å². The van der Waals surface area contributed by atoms with E-state index in [2.05, 4.69) is 38.9 Å². The van der Waals surface area contributed by atoms with Gasteiger partial charge in [-0.05, 0) is 44.0 Å². The number of para-hydroxylation sites is 1. The van der Waals surface area contributed by atoms with Crippen molar-refractivity contribution in [3.05, 3.63) is 58.5 Å². The van der Waals surface area contributed by atoms with Crippen LogP contribution in [0.5, 0.6) is 5.75 Å². The normalized spacial score (nSPS) is 12.1. The van der Waals surface area contributed by atoms with Crippen LogP contribution in [0, 0.1) is 0 Å². The number of hydrogen-bond donors (Lipinski definition) is 1. The maximum atomic E-state index is 12.7. The number of pyridine rings is 1. The smallest absolute Gasteiger partial charge is 0.238 e. The number of anilines is 1. The fourth-order valence-electron chi connectivity index (χ4n) is 3.10. The molecular weight excluding hydrogens is 469 g/mol. The summed E-state index contributed by atoms with van der Waals surface area (Å²) in [5, 5.41) is 12.8. The van der Waals surface area contributed by atoms with E-state index in [1.807, 2.05) is 25.1 Å². The zero-order valence-electron chi connectivity index (χ0n) is 18.1. The van der Waals surface area contributed by atoms with Crippen molar-refractivity contribution in [2.24, 2.45) is 0 Å². The molecule has 1 N–H and O–H groups in total. The van der Waals surface area contributed by atoms with Crippen molar-refractivity contribution in [1.82, 2.24) is 19.7 Å². The number of carbonyl (C=O) groups excluding carboxylic acids is 1. The highest BCUT2D eigenvalue weighted by atomic mass is 35.5. The Morgan fingerprint density at radius 2 is 1.91 bits per heavy atom. The molecule has 0 aliphatic heterocycles. The van der Waals surface area contributed by atoms with Crippen LogP contribution in [-0.2, 0) is 11.4 Å². The number of carbonyl (C=O) groups is 1. The monoisotopic (exact) mass is 493 g/mol. The maximum absolute atomic E-state index is 12.7. The Kier molecular flexibility index (Phi) is 8.78. The lowest BCUT2D eigenvalue weighted by Gasteiger charge is -2.20. The Bertz CT molecular complexity index is 1040. The quantitative estimate of drug-likeness (QED) is 0.346. The second-order valence-corrected chi connectivity index (χ2v) is 9.22. The molecule has 10 heteroatoms. The number of thioether (sulfide) groups is 1. The summed E-state index contributed by atoms with van der Waals surface area (Å²) >= 11 is 13.4. The van der Waals surface area contributed by atoms with Gasteiger partial charge in [0.15, 0.2) is 11.0 Å². The first kappa shape index (κ1) is 24.4. The molecule has 0 aliphatic carbocycles. The predicted octanol–water partition coefficient (Wildman–Crippen LogP) is 6.04. The second kappa shape index (κ2) is 11.5. The summed E-state index contributed by atoms with van der Waals surface area (Å²) < 4.78 is 7.96. The molecule has 32 heavy (non-hydrogen) atoms. The molecule has 2 heterocycles. The third kappa shape index (κ3) is 6.15. The van der Waals surface area contributed by atoms with Crippen molar-refractivity contribution in [2.45, 2.75) is 56.7 Å². The number of nitrogens with zero attached hydrogens (tertiary/aromatic N) is 4. The average molecular weight is 494 g/mol. The van der Waals surface area contributed by atoms with Crippen molar-refractivity contribution in [1.29, 1.82) is 0 Å². The summed E-state index contributed by atoms with van der Waals surface area (Å²) in [7, 11) is 0. The first-order valence-corrected chi connectivity index (χ1v) is 12.0. The van der Waals surface area contributed by atoms with E-state index in [9.17, 15) is 4.79 Å². The van der Waals surface area contributed by atoms with E-state index in [0.717, 1.165) is 12.8 Å². The second-order valence-electron chi connectivity index (χ2n) is 7.07. The number of amides is 1. The van der Waals surface area contributed by atoms with Gasteiger partial charge in [0, 0.05) is 12.2 Å². The minimum atomic E-state index is -0.415. The lowest BCUT2D eigenvalue weighted by atomic mass is 10.2. The number of aromatic nitrogens is 4. The van der Waals surface area contributed by atoms with Gasteiger partial charge in [-0.2, -0.15) is 0 Å². The molecule has 1 aromatic carbocycles. The highest BCUT2D eigenvalue weighted by Crippen LogP contribution is 2.30. The van der Waals surface area contributed by atoms with E-state index in [4.69, 9.17) is 27.9 Å². The fraction of sp³-hybridized carbons (Fsp3) is 0.364. The van der Waals surface area contributed by atoms with Gasteiger partial charge in [0.25, 0.3) is 0 Å². The van der Waals surface area contributed by atoms with E-state index in [1.165, 1.54) is 18.0 Å². The van der Waals surface area contributed by atoms with E-state index in [0.29, 0.717) is 32.6 Å². The number of ether oxygens (including phenoxy) is 1. The van der Waals surface area contributed by atoms with Crippen LogP contribution in [0.15, 0.2) is 47.8 Å². The van der Waals surface area contributed by atoms with E-state index in [1.54, 1.807) is 18.2 Å². The molecule has 170 valence electrons. The standard InChI is InChI=1S/C22H25Cl2N5O2S/c1-4-16(5-2)29-20(13-31-18-9-7-6-8-17(18)24)27-28-22(29)32-14(3)21(30)26-19-11-10-15(23)12-25-19/h6-12,14,16H,4-5,13H2,1-3H3,(H,25,26,30). The number of halogens is 2. The zero-order valence-corrected chi connectivity index (χ0v) is 20.4. The molecule has 1 amide bonds. The summed E-state index contributed by atoms with van der Waals surface area (Å²) in [6.45, 7) is 6.28. The summed E-state index contributed by atoms with van der Waals surface area (Å²) in [6.07, 6.45) is 3.29. The number of hydrogen-bond acceptors (Lipinski definition) is 6. The van der Waals surface area contributed by atoms with Crippen LogP contribution >= 0.6 is 35.0 Å². The Hall–Kier alpha value is -2.29. The molecule has 2 aromatic heterocycles. The maximum Gasteiger partial charge on any atom is 0.238 e. The van der Waals surface area contributed by atoms with Gasteiger partial charge >= 0.3 is 0 Å². The van der Waals surface area contributed by atoms with Gasteiger partial charge in [-0.1, -0.05) is 60.9 Å². The van der Waals surface area contributed by atoms with Crippen LogP contribution < -0.4 is 10.1 Å². The third-order valence-electron chi connectivity index (χ3n) is 4.87. The Morgan fingerprint density at radius 1 is 1.16 bits per heavy atom. The third-order valence-corrected chi connectivity index (χ3v) is 6.46. The van der Waals surface area contributed by atoms with Crippen molar-refractivity contribution in [2.75, 3.05) is 5.32 Å². The molecule has 3 aromatic rings. The largest absolute Gasteiger partial charge is 0.484 e. The highest BCUT2D eigenvalue weighted by molar-refractivity contribution is 8.00. The minimum absolute atomic E-state index is 0.183. The van der Waals surface area contributed by atoms with Crippen LogP contribution in [0.4, 0.5) is 5.82 Å². The zero-order chi connectivity index (χ0) is 23.1. The molecule has 0 radical (unpaired) electrons. The number of rotatable bonds is 10. The molecule has 7 nitrogen and oxygen atoms in total. The summed E-state index contributed by atoms with van der Waals surface area (Å²) in [4.78, 5) is 16.8. The van der Waals surface area contributed by atoms with Crippen LogP contribution in [-0.4, -0.2) is 30.9 Å². The van der Waals surface area contributed by atoms with Gasteiger partial charge < -0.3 is 14.6 Å². The summed E-state index contributed by atoms with van der Waals surface area (Å²) in [6, 6.07) is 10.8. The van der Waals surface area contributed by atoms with Crippen molar-refractivity contribution in [3.63, 3.8) is 0 Å². The molecule has 0 saturated carbocycles. The van der Waals surface area contributed by atoms with Crippen LogP contribution in [0.1, 0.15) is 45.5 Å². The molecule has 0 spiro atoms. The SMILES string of the molecule is CCC(CC)n1c(COc2ccccc2Cl)nnc1SC(C)C(=O)Nc1ccc(Cl)cn1. The topological polar surface area (TPSA) is 81.9 Å². The van der Waals surface area contributed by atoms with Crippen LogP contribution in [0.25, 0.3) is 0 Å². The van der Waals surface area contributed by atoms with Crippen molar-refractivity contribution >= 4 is 46.7 Å². The molecule has 0 saturated heterocycles. The van der Waals surface area contributed by atoms with Crippen LogP contribution in [0.2, 0.25) is 10.0 Å². The fourth-order valence-corrected chi connectivity index (χ4v) is 4.34. The van der Waals surface area contributed by atoms with E-state index in [-0.39, 0.29) is 18.6 Å². The lowest BCUT2D eigenvalue weighted by Crippen LogP contribution is -2.24. The Morgan fingerprint density at radius 3 is 2.56 bits per heavy atom. The molecule has 0 fully saturated rings. The summed E-state index contributed by atoms with van der Waals surface area (Å²) in [5.41, 5.74) is 0. The number of benzene rings is 1. The molecule has 1 atom stereocenters. The van der Waals surface area contributed by atoms with Gasteiger partial charge in [0.2, 0.25) is 5.91 Å². The van der Waals surface area contributed by atoms with Gasteiger partial charge in [-0.25, -0.2) is 4.98 Å². The first-order chi connectivity index (χ1) is 15.4. The predicted molar refractivity (Wildman–Crippen MR) is 129 cm³/mol. The van der Waals surface area contributed by atoms with E-state index < -0.39 is 5.25 Å². The first-order valence-electron chi connectivity index (χ1n) is 10.3. The highest BCUT2D eigenvalue weighted by Gasteiger charge is 2.24. The molecule has 0 bridgehead atoms. The van der Waals surface area contributed by atoms with Gasteiger partial charge in [0.05, 0.1) is 15.3 Å². The molecular formula is C22H25Cl2N5O2S. The van der Waals surface area contributed by atoms with Crippen LogP contribution in [0.3, 0.4) is 0 Å². The van der Waals surface area contributed by atoms with Gasteiger partial charge in [0.1, 0.15) is 18.2 Å². The van der Waals surface area contributed by atoms with Crippen molar-refractivity contribution in [3.8, 4) is 5.75 Å². The lowest BCUT2D eigenvalue weighted by molar-refractivity contribution is -0.115. The summed E-state index contributed by atoms with van der Waals surface area (Å²) in [5.74, 6) is 1.54. The minimum Gasteiger partial charge on any atom is -0.484 e.